The van der Waals surface area contributed by atoms with Gasteiger partial charge in [-0.15, -0.1) is 11.6 Å². The summed E-state index contributed by atoms with van der Waals surface area (Å²) in [5, 5.41) is 1.31. The van der Waals surface area contributed by atoms with Gasteiger partial charge in [-0.25, -0.2) is 4.98 Å². The zero-order chi connectivity index (χ0) is 15.1. The van der Waals surface area contributed by atoms with Crippen molar-refractivity contribution in [1.29, 1.82) is 0 Å². The van der Waals surface area contributed by atoms with E-state index in [0.29, 0.717) is 20.9 Å². The Morgan fingerprint density at radius 3 is 2.43 bits per heavy atom. The predicted molar refractivity (Wildman–Crippen MR) is 90.4 cm³/mol. The normalized spacial score (nSPS) is 12.8. The summed E-state index contributed by atoms with van der Waals surface area (Å²) in [5.74, 6) is 0.715. The third-order valence-electron chi connectivity index (χ3n) is 3.14. The topological polar surface area (TPSA) is 17.8 Å². The first-order chi connectivity index (χ1) is 9.97. The SMILES string of the molecule is CC(Cl)c1nc2cc(Cl)c(Cl)cc2n1-c1cccc(Cl)c1. The van der Waals surface area contributed by atoms with Gasteiger partial charge in [-0.3, -0.25) is 4.57 Å². The number of halogens is 4. The van der Waals surface area contributed by atoms with E-state index < -0.39 is 0 Å². The molecule has 0 amide bonds. The van der Waals surface area contributed by atoms with Gasteiger partial charge in [-0.05, 0) is 37.3 Å². The highest BCUT2D eigenvalue weighted by Gasteiger charge is 2.18. The molecule has 0 saturated heterocycles. The van der Waals surface area contributed by atoms with Gasteiger partial charge in [0, 0.05) is 10.7 Å². The monoisotopic (exact) mass is 358 g/mol. The van der Waals surface area contributed by atoms with E-state index in [9.17, 15) is 0 Å². The van der Waals surface area contributed by atoms with Gasteiger partial charge in [0.25, 0.3) is 0 Å². The van der Waals surface area contributed by atoms with E-state index in [-0.39, 0.29) is 5.38 Å². The number of imidazole rings is 1. The van der Waals surface area contributed by atoms with Crippen LogP contribution < -0.4 is 0 Å². The number of fused-ring (bicyclic) bond motifs is 1. The molecule has 0 spiro atoms. The first-order valence-corrected chi connectivity index (χ1v) is 7.82. The molecular weight excluding hydrogens is 350 g/mol. The van der Waals surface area contributed by atoms with Gasteiger partial charge in [0.1, 0.15) is 5.82 Å². The van der Waals surface area contributed by atoms with E-state index in [1.165, 1.54) is 0 Å². The summed E-state index contributed by atoms with van der Waals surface area (Å²) in [7, 11) is 0. The third-order valence-corrected chi connectivity index (χ3v) is 4.30. The number of alkyl halides is 1. The van der Waals surface area contributed by atoms with Gasteiger partial charge in [-0.1, -0.05) is 40.9 Å². The van der Waals surface area contributed by atoms with Crippen molar-refractivity contribution < 1.29 is 0 Å². The van der Waals surface area contributed by atoms with Crippen LogP contribution in [-0.2, 0) is 0 Å². The van der Waals surface area contributed by atoms with Gasteiger partial charge < -0.3 is 0 Å². The Kier molecular flexibility index (Phi) is 4.06. The Bertz CT molecular complexity index is 824. The molecule has 1 aromatic heterocycles. The Labute approximate surface area is 142 Å². The van der Waals surface area contributed by atoms with Crippen LogP contribution >= 0.6 is 46.4 Å². The molecule has 0 saturated carbocycles. The molecule has 3 aromatic rings. The molecule has 1 heterocycles. The first-order valence-electron chi connectivity index (χ1n) is 6.25. The lowest BCUT2D eigenvalue weighted by molar-refractivity contribution is 0.882. The fourth-order valence-electron chi connectivity index (χ4n) is 2.24. The van der Waals surface area contributed by atoms with E-state index >= 15 is 0 Å². The summed E-state index contributed by atoms with van der Waals surface area (Å²) >= 11 is 24.6. The van der Waals surface area contributed by atoms with Crippen LogP contribution in [0.1, 0.15) is 18.1 Å². The van der Waals surface area contributed by atoms with Crippen molar-refractivity contribution in [2.75, 3.05) is 0 Å². The molecule has 0 fully saturated rings. The first kappa shape index (κ1) is 15.0. The number of hydrogen-bond donors (Lipinski definition) is 0. The van der Waals surface area contributed by atoms with E-state index in [1.807, 2.05) is 35.8 Å². The van der Waals surface area contributed by atoms with Crippen LogP contribution in [0.4, 0.5) is 0 Å². The van der Waals surface area contributed by atoms with Crippen molar-refractivity contribution in [3.05, 3.63) is 57.3 Å². The molecular formula is C15H10Cl4N2. The van der Waals surface area contributed by atoms with Crippen LogP contribution in [0, 0.1) is 0 Å². The number of aromatic nitrogens is 2. The zero-order valence-corrected chi connectivity index (χ0v) is 14.0. The zero-order valence-electron chi connectivity index (χ0n) is 10.9. The highest BCUT2D eigenvalue weighted by atomic mass is 35.5. The van der Waals surface area contributed by atoms with Crippen molar-refractivity contribution in [3.8, 4) is 5.69 Å². The fourth-order valence-corrected chi connectivity index (χ4v) is 2.89. The lowest BCUT2D eigenvalue weighted by atomic mass is 10.2. The minimum atomic E-state index is -0.270. The maximum absolute atomic E-state index is 6.27. The molecule has 2 aromatic carbocycles. The van der Waals surface area contributed by atoms with Crippen LogP contribution in [0.5, 0.6) is 0 Å². The van der Waals surface area contributed by atoms with Crippen LogP contribution in [-0.4, -0.2) is 9.55 Å². The quantitative estimate of drug-likeness (QED) is 0.492. The molecule has 1 atom stereocenters. The minimum Gasteiger partial charge on any atom is -0.295 e. The highest BCUT2D eigenvalue weighted by molar-refractivity contribution is 6.42. The Hall–Kier alpha value is -0.930. The molecule has 2 nitrogen and oxygen atoms in total. The van der Waals surface area contributed by atoms with Gasteiger partial charge in [-0.2, -0.15) is 0 Å². The van der Waals surface area contributed by atoms with Crippen molar-refractivity contribution in [2.45, 2.75) is 12.3 Å². The average molecular weight is 360 g/mol. The second-order valence-corrected chi connectivity index (χ2v) is 6.56. The lowest BCUT2D eigenvalue weighted by Gasteiger charge is -2.11. The van der Waals surface area contributed by atoms with E-state index in [0.717, 1.165) is 16.7 Å². The summed E-state index contributed by atoms with van der Waals surface area (Å²) in [6.45, 7) is 1.87. The molecule has 0 aliphatic heterocycles. The standard InChI is InChI=1S/C15H10Cl4N2/c1-8(16)15-20-13-6-11(18)12(19)7-14(13)21(15)10-4-2-3-9(17)5-10/h2-8H,1H3. The largest absolute Gasteiger partial charge is 0.295 e. The average Bonchev–Trinajstić information content (AvgIpc) is 2.78. The maximum atomic E-state index is 6.27. The third kappa shape index (κ3) is 2.74. The molecule has 0 radical (unpaired) electrons. The predicted octanol–water partition coefficient (Wildman–Crippen LogP) is 6.29. The van der Waals surface area contributed by atoms with E-state index in [4.69, 9.17) is 46.4 Å². The number of rotatable bonds is 2. The maximum Gasteiger partial charge on any atom is 0.132 e. The molecule has 3 rings (SSSR count). The molecule has 0 bridgehead atoms. The fraction of sp³-hybridized carbons (Fsp3) is 0.133. The van der Waals surface area contributed by atoms with Gasteiger partial charge in [0.05, 0.1) is 26.5 Å². The van der Waals surface area contributed by atoms with Crippen molar-refractivity contribution in [3.63, 3.8) is 0 Å². The molecule has 108 valence electrons. The number of nitrogens with zero attached hydrogens (tertiary/aromatic N) is 2. The van der Waals surface area contributed by atoms with Gasteiger partial charge >= 0.3 is 0 Å². The molecule has 0 aliphatic rings. The van der Waals surface area contributed by atoms with E-state index in [2.05, 4.69) is 4.98 Å². The summed E-state index contributed by atoms with van der Waals surface area (Å²) in [6, 6.07) is 11.0. The molecule has 0 N–H and O–H groups in total. The van der Waals surface area contributed by atoms with Crippen LogP contribution in [0.2, 0.25) is 15.1 Å². The van der Waals surface area contributed by atoms with Crippen molar-refractivity contribution >= 4 is 57.4 Å². The Morgan fingerprint density at radius 2 is 1.76 bits per heavy atom. The van der Waals surface area contributed by atoms with Crippen molar-refractivity contribution in [1.82, 2.24) is 9.55 Å². The smallest absolute Gasteiger partial charge is 0.132 e. The molecule has 0 aliphatic carbocycles. The van der Waals surface area contributed by atoms with Crippen LogP contribution in [0.15, 0.2) is 36.4 Å². The number of benzene rings is 2. The van der Waals surface area contributed by atoms with Gasteiger partial charge in [0.2, 0.25) is 0 Å². The molecule has 1 unspecified atom stereocenters. The minimum absolute atomic E-state index is 0.270. The second kappa shape index (κ2) is 5.69. The summed E-state index contributed by atoms with van der Waals surface area (Å²) < 4.78 is 1.95. The number of hydrogen-bond acceptors (Lipinski definition) is 1. The highest BCUT2D eigenvalue weighted by Crippen LogP contribution is 2.33. The van der Waals surface area contributed by atoms with E-state index in [1.54, 1.807) is 12.1 Å². The second-order valence-electron chi connectivity index (χ2n) is 4.66. The lowest BCUT2D eigenvalue weighted by Crippen LogP contribution is -2.01. The van der Waals surface area contributed by atoms with Gasteiger partial charge in [0.15, 0.2) is 0 Å². The summed E-state index contributed by atoms with van der Waals surface area (Å²) in [4.78, 5) is 4.57. The molecule has 6 heteroatoms. The van der Waals surface area contributed by atoms with Crippen LogP contribution in [0.25, 0.3) is 16.7 Å². The summed E-state index contributed by atoms with van der Waals surface area (Å²) in [5.41, 5.74) is 2.46. The summed E-state index contributed by atoms with van der Waals surface area (Å²) in [6.07, 6.45) is 0. The van der Waals surface area contributed by atoms with Crippen molar-refractivity contribution in [2.24, 2.45) is 0 Å². The Balaban J connectivity index is 2.38. The van der Waals surface area contributed by atoms with Crippen LogP contribution in [0.3, 0.4) is 0 Å². The molecule has 21 heavy (non-hydrogen) atoms. The Morgan fingerprint density at radius 1 is 1.05 bits per heavy atom.